The van der Waals surface area contributed by atoms with Gasteiger partial charge in [-0.1, -0.05) is 114 Å². The molecule has 6 aromatic heterocycles. The molecule has 0 radical (unpaired) electrons. The van der Waals surface area contributed by atoms with Crippen LogP contribution in [0.15, 0.2) is 213 Å². The maximum atomic E-state index is 12.6. The van der Waals surface area contributed by atoms with Gasteiger partial charge >= 0.3 is 0 Å². The molecule has 7 aromatic carbocycles. The van der Waals surface area contributed by atoms with Crippen LogP contribution in [-0.2, 0) is 19.5 Å². The number of anilines is 1. The fourth-order valence-corrected chi connectivity index (χ4v) is 12.7. The number of pyridine rings is 2. The highest BCUT2D eigenvalue weighted by Gasteiger charge is 2.21. The summed E-state index contributed by atoms with van der Waals surface area (Å²) in [5.74, 6) is 7.89. The Morgan fingerprint density at radius 2 is 0.842 bits per heavy atom. The van der Waals surface area contributed by atoms with E-state index in [9.17, 15) is 4.79 Å². The Morgan fingerprint density at radius 1 is 0.412 bits per heavy atom. The third kappa shape index (κ3) is 23.6. The lowest BCUT2D eigenvalue weighted by molar-refractivity contribution is 0.102. The van der Waals surface area contributed by atoms with Crippen molar-refractivity contribution >= 4 is 11.6 Å². The monoisotopic (exact) mass is 1540 g/mol. The van der Waals surface area contributed by atoms with E-state index in [1.807, 2.05) is 154 Å². The van der Waals surface area contributed by atoms with Crippen LogP contribution in [0.25, 0.3) is 91.4 Å². The number of aryl methyl sites for hydroxylation is 2. The normalized spacial score (nSPS) is 11.7. The van der Waals surface area contributed by atoms with Crippen molar-refractivity contribution in [3.63, 3.8) is 0 Å². The molecule has 7 heterocycles. The second-order valence-electron chi connectivity index (χ2n) is 27.1. The molecule has 0 spiro atoms. The molecule has 14 rings (SSSR count). The highest BCUT2D eigenvalue weighted by molar-refractivity contribution is 6.04. The lowest BCUT2D eigenvalue weighted by Gasteiger charge is -2.14. The number of nitrogens with one attached hydrogen (secondary N) is 1. The standard InChI is InChI=1S/C25H24N4O4.C23H27N3O3.C21H25N3O3.C21H25N3O/c1-4-31-21-9-7-18(15-22(21)32-5-2)25-28-23(29-33-25)20-8-6-17(14-16(20)3)24(30)27-19-10-12-26-13-11-19;1-3-27-20-11-10-19(15-21(20)28-4-2)23-24-22(25-29-23)18-9-7-8-17(14-18)16-26-12-5-6-13-26;1-5-25-18-11-10-17(13-19(18)26-6-2)21-22-20(23-27-21)16-9-7-8-15(12-16)14-24(3)4;1-2-3-4-5-6-7-8-17-9-11-19(12-10-17)21-23-20(24-25-21)18-13-15-22-16-14-18/h6-15H,4-5H2,1-3H3,(H,26,27,30);7-11,14-15H,3-6,12-13,16H2,1-2H3;7-13H,5-6,14H2,1-4H3;9-16H,2-8H2,1H3. The SMILES string of the molecule is CCCCCCCCc1ccc(-c2nc(-c3ccncc3)no2)cc1.CCOc1ccc(-c2nc(-c3ccc(C(=O)Nc4ccncc4)cc3C)no2)cc1OCC.CCOc1ccc(-c2nc(-c3cccc(CN(C)C)c3)no2)cc1OCC.CCOc1ccc(-c2nc(-c3cccc(CN4CCCC4)c3)no2)cc1OCC. The van der Waals surface area contributed by atoms with Crippen LogP contribution in [0.4, 0.5) is 5.69 Å². The largest absolute Gasteiger partial charge is 0.490 e. The number of hydrogen-bond donors (Lipinski definition) is 1. The topological polar surface area (TPSA) is 272 Å². The highest BCUT2D eigenvalue weighted by atomic mass is 16.5. The number of benzene rings is 7. The van der Waals surface area contributed by atoms with Gasteiger partial charge in [-0.2, -0.15) is 19.9 Å². The van der Waals surface area contributed by atoms with Gasteiger partial charge in [0, 0.05) is 93.6 Å². The fraction of sp³-hybridized carbons (Fsp3) is 0.322. The minimum atomic E-state index is -0.206. The zero-order valence-corrected chi connectivity index (χ0v) is 66.8. The average molecular weight is 1540 g/mol. The Labute approximate surface area is 666 Å². The number of amides is 1. The van der Waals surface area contributed by atoms with Gasteiger partial charge in [0.1, 0.15) is 0 Å². The number of carbonyl (C=O) groups is 1. The maximum Gasteiger partial charge on any atom is 0.258 e. The number of carbonyl (C=O) groups excluding carboxylic acids is 1. The Kier molecular flexibility index (Phi) is 31.0. The summed E-state index contributed by atoms with van der Waals surface area (Å²) in [7, 11) is 4.09. The zero-order chi connectivity index (χ0) is 79.8. The molecule has 0 aliphatic carbocycles. The molecule has 1 amide bonds. The molecule has 0 bridgehead atoms. The number of aromatic nitrogens is 10. The van der Waals surface area contributed by atoms with Crippen LogP contribution in [0.5, 0.6) is 34.5 Å². The molecular formula is C90H101N13O11. The van der Waals surface area contributed by atoms with Gasteiger partial charge in [-0.25, -0.2) is 0 Å². The van der Waals surface area contributed by atoms with E-state index in [2.05, 4.69) is 127 Å². The first-order valence-corrected chi connectivity index (χ1v) is 39.2. The van der Waals surface area contributed by atoms with Crippen LogP contribution >= 0.6 is 0 Å². The molecule has 0 saturated carbocycles. The van der Waals surface area contributed by atoms with Crippen molar-refractivity contribution in [2.24, 2.45) is 0 Å². The molecule has 592 valence electrons. The number of hydrogen-bond acceptors (Lipinski definition) is 23. The second kappa shape index (κ2) is 42.8. The van der Waals surface area contributed by atoms with Crippen molar-refractivity contribution in [3.8, 4) is 126 Å². The molecule has 1 aliphatic rings. The maximum absolute atomic E-state index is 12.6. The smallest absolute Gasteiger partial charge is 0.258 e. The van der Waals surface area contributed by atoms with Gasteiger partial charge < -0.3 is 56.7 Å². The van der Waals surface area contributed by atoms with Gasteiger partial charge in [-0.05, 0) is 239 Å². The van der Waals surface area contributed by atoms with Crippen LogP contribution in [-0.4, -0.2) is 133 Å². The molecule has 1 saturated heterocycles. The fourth-order valence-electron chi connectivity index (χ4n) is 12.7. The average Bonchev–Trinajstić information content (AvgIpc) is 1.60. The van der Waals surface area contributed by atoms with Crippen molar-refractivity contribution < 1.29 is 51.3 Å². The van der Waals surface area contributed by atoms with Gasteiger partial charge in [0.05, 0.1) is 39.6 Å². The highest BCUT2D eigenvalue weighted by Crippen LogP contribution is 2.37. The van der Waals surface area contributed by atoms with E-state index in [0.717, 1.165) is 69.6 Å². The quantitative estimate of drug-likeness (QED) is 0.0374. The van der Waals surface area contributed by atoms with E-state index in [4.69, 9.17) is 46.5 Å². The first-order chi connectivity index (χ1) is 55.8. The molecule has 24 nitrogen and oxygen atoms in total. The van der Waals surface area contributed by atoms with Crippen LogP contribution in [0.2, 0.25) is 0 Å². The van der Waals surface area contributed by atoms with Gasteiger partial charge in [-0.3, -0.25) is 19.7 Å². The summed E-state index contributed by atoms with van der Waals surface area (Å²) >= 11 is 0. The molecule has 0 unspecified atom stereocenters. The molecule has 13 aromatic rings. The van der Waals surface area contributed by atoms with Gasteiger partial charge in [0.2, 0.25) is 23.3 Å². The third-order valence-corrected chi connectivity index (χ3v) is 18.2. The molecule has 24 heteroatoms. The lowest BCUT2D eigenvalue weighted by atomic mass is 10.0. The van der Waals surface area contributed by atoms with Crippen molar-refractivity contribution in [2.75, 3.05) is 72.1 Å². The Bertz CT molecular complexity index is 5100. The Morgan fingerprint density at radius 3 is 1.33 bits per heavy atom. The number of rotatable bonds is 33. The second-order valence-corrected chi connectivity index (χ2v) is 27.1. The van der Waals surface area contributed by atoms with E-state index in [1.54, 1.807) is 49.1 Å². The van der Waals surface area contributed by atoms with E-state index < -0.39 is 0 Å². The first-order valence-electron chi connectivity index (χ1n) is 39.2. The predicted molar refractivity (Wildman–Crippen MR) is 441 cm³/mol. The van der Waals surface area contributed by atoms with Crippen molar-refractivity contribution in [2.45, 2.75) is 126 Å². The summed E-state index contributed by atoms with van der Waals surface area (Å²) in [6, 6.07) is 54.4. The summed E-state index contributed by atoms with van der Waals surface area (Å²) in [4.78, 5) is 43.3. The molecular weight excluding hydrogens is 1440 g/mol. The zero-order valence-electron chi connectivity index (χ0n) is 66.8. The summed E-state index contributed by atoms with van der Waals surface area (Å²) < 4.78 is 55.8. The van der Waals surface area contributed by atoms with E-state index in [0.29, 0.717) is 132 Å². The molecule has 114 heavy (non-hydrogen) atoms. The van der Waals surface area contributed by atoms with Crippen LogP contribution in [0.3, 0.4) is 0 Å². The lowest BCUT2D eigenvalue weighted by Crippen LogP contribution is -2.18. The van der Waals surface area contributed by atoms with Crippen LogP contribution < -0.4 is 33.7 Å². The summed E-state index contributed by atoms with van der Waals surface area (Å²) in [6.07, 6.45) is 18.4. The number of nitrogens with zero attached hydrogens (tertiary/aromatic N) is 12. The van der Waals surface area contributed by atoms with Crippen molar-refractivity contribution in [3.05, 3.63) is 222 Å². The molecule has 1 aliphatic heterocycles. The number of unbranched alkanes of at least 4 members (excludes halogenated alkanes) is 5. The summed E-state index contributed by atoms with van der Waals surface area (Å²) in [5.41, 5.74) is 12.8. The van der Waals surface area contributed by atoms with Gasteiger partial charge in [0.25, 0.3) is 29.5 Å². The predicted octanol–water partition coefficient (Wildman–Crippen LogP) is 19.9. The van der Waals surface area contributed by atoms with E-state index in [-0.39, 0.29) is 5.91 Å². The van der Waals surface area contributed by atoms with Crippen molar-refractivity contribution in [1.82, 2.24) is 60.3 Å². The third-order valence-electron chi connectivity index (χ3n) is 18.2. The Balaban J connectivity index is 0.000000151. The number of ether oxygens (including phenoxy) is 6. The molecule has 1 fully saturated rings. The van der Waals surface area contributed by atoms with Crippen LogP contribution in [0.1, 0.15) is 132 Å². The minimum Gasteiger partial charge on any atom is -0.490 e. The van der Waals surface area contributed by atoms with E-state index in [1.165, 1.54) is 81.1 Å². The molecule has 0 atom stereocenters. The van der Waals surface area contributed by atoms with Crippen LogP contribution in [0, 0.1) is 6.92 Å². The number of likely N-dealkylation sites (tertiary alicyclic amines) is 1. The first kappa shape index (κ1) is 82.5. The summed E-state index contributed by atoms with van der Waals surface area (Å²) in [6.45, 7) is 23.3. The van der Waals surface area contributed by atoms with Gasteiger partial charge in [0.15, 0.2) is 34.5 Å². The van der Waals surface area contributed by atoms with Crippen molar-refractivity contribution in [1.29, 1.82) is 0 Å². The summed E-state index contributed by atoms with van der Waals surface area (Å²) in [5, 5.41) is 19.4. The minimum absolute atomic E-state index is 0.206. The van der Waals surface area contributed by atoms with E-state index >= 15 is 0 Å². The molecule has 1 N–H and O–H groups in total. The van der Waals surface area contributed by atoms with Gasteiger partial charge in [-0.15, -0.1) is 0 Å². The Hall–Kier alpha value is -12.4.